The number of aryl methyl sites for hydroxylation is 2. The number of rotatable bonds is 5. The Balaban J connectivity index is 1.65. The van der Waals surface area contributed by atoms with Crippen LogP contribution in [0, 0.1) is 13.8 Å². The first-order chi connectivity index (χ1) is 12.4. The van der Waals surface area contributed by atoms with Crippen LogP contribution in [0.4, 0.5) is 0 Å². The monoisotopic (exact) mass is 354 g/mol. The molecule has 1 aliphatic rings. The standard InChI is InChI=1S/C21H26N2O3/c1-14-13-18(20(25)23-15(14)2)16-5-7-17(8-6-16)19(24)22-12-11-21(26)9-3-4-10-21/h5-8,13,26H,3-4,9-12H2,1-2H3,(H,22,24)(H,23,25). The summed E-state index contributed by atoms with van der Waals surface area (Å²) >= 11 is 0. The Bertz CT molecular complexity index is 847. The molecule has 5 heteroatoms. The summed E-state index contributed by atoms with van der Waals surface area (Å²) in [5.41, 5.74) is 3.07. The van der Waals surface area contributed by atoms with Crippen LogP contribution in [-0.4, -0.2) is 28.1 Å². The van der Waals surface area contributed by atoms with E-state index in [1.54, 1.807) is 24.3 Å². The second-order valence-corrected chi connectivity index (χ2v) is 7.33. The van der Waals surface area contributed by atoms with Crippen molar-refractivity contribution in [3.05, 3.63) is 57.5 Å². The molecule has 138 valence electrons. The Hall–Kier alpha value is -2.40. The number of H-pyrrole nitrogens is 1. The summed E-state index contributed by atoms with van der Waals surface area (Å²) in [5.74, 6) is -0.160. The van der Waals surface area contributed by atoms with E-state index >= 15 is 0 Å². The molecule has 3 N–H and O–H groups in total. The summed E-state index contributed by atoms with van der Waals surface area (Å²) < 4.78 is 0. The fourth-order valence-electron chi connectivity index (χ4n) is 3.54. The molecule has 0 spiro atoms. The highest BCUT2D eigenvalue weighted by atomic mass is 16.3. The number of aromatic nitrogens is 1. The van der Waals surface area contributed by atoms with E-state index in [0.717, 1.165) is 42.5 Å². The Morgan fingerprint density at radius 2 is 1.85 bits per heavy atom. The van der Waals surface area contributed by atoms with E-state index in [9.17, 15) is 14.7 Å². The highest BCUT2D eigenvalue weighted by Crippen LogP contribution is 2.31. The molecule has 5 nitrogen and oxygen atoms in total. The van der Waals surface area contributed by atoms with Crippen LogP contribution < -0.4 is 10.9 Å². The average Bonchev–Trinajstić information content (AvgIpc) is 3.05. The van der Waals surface area contributed by atoms with Gasteiger partial charge in [-0.3, -0.25) is 9.59 Å². The van der Waals surface area contributed by atoms with Crippen molar-refractivity contribution in [2.45, 2.75) is 51.6 Å². The van der Waals surface area contributed by atoms with E-state index in [2.05, 4.69) is 10.3 Å². The van der Waals surface area contributed by atoms with Gasteiger partial charge in [-0.05, 0) is 62.4 Å². The summed E-state index contributed by atoms with van der Waals surface area (Å²) in [5, 5.41) is 13.2. The van der Waals surface area contributed by atoms with Crippen molar-refractivity contribution in [3.8, 4) is 11.1 Å². The molecule has 0 radical (unpaired) electrons. The lowest BCUT2D eigenvalue weighted by molar-refractivity contribution is 0.0389. The third kappa shape index (κ3) is 4.05. The quantitative estimate of drug-likeness (QED) is 0.772. The van der Waals surface area contributed by atoms with Crippen molar-refractivity contribution < 1.29 is 9.90 Å². The summed E-state index contributed by atoms with van der Waals surface area (Å²) in [6, 6.07) is 8.90. The van der Waals surface area contributed by atoms with E-state index in [4.69, 9.17) is 0 Å². The van der Waals surface area contributed by atoms with Crippen molar-refractivity contribution >= 4 is 5.91 Å². The smallest absolute Gasteiger partial charge is 0.256 e. The van der Waals surface area contributed by atoms with Gasteiger partial charge in [-0.1, -0.05) is 25.0 Å². The molecule has 1 heterocycles. The largest absolute Gasteiger partial charge is 0.390 e. The number of carbonyl (C=O) groups is 1. The molecule has 0 unspecified atom stereocenters. The summed E-state index contributed by atoms with van der Waals surface area (Å²) in [4.78, 5) is 27.3. The minimum atomic E-state index is -0.610. The van der Waals surface area contributed by atoms with Crippen molar-refractivity contribution in [1.29, 1.82) is 0 Å². The van der Waals surface area contributed by atoms with Gasteiger partial charge in [0.1, 0.15) is 0 Å². The summed E-state index contributed by atoms with van der Waals surface area (Å²) in [6.07, 6.45) is 4.35. The lowest BCUT2D eigenvalue weighted by Crippen LogP contribution is -2.32. The zero-order valence-electron chi connectivity index (χ0n) is 15.4. The fraction of sp³-hybridized carbons (Fsp3) is 0.429. The molecule has 0 aliphatic heterocycles. The zero-order chi connectivity index (χ0) is 18.7. The topological polar surface area (TPSA) is 82.2 Å². The average molecular weight is 354 g/mol. The maximum atomic E-state index is 12.3. The summed E-state index contributed by atoms with van der Waals surface area (Å²) in [6.45, 7) is 4.29. The lowest BCUT2D eigenvalue weighted by Gasteiger charge is -2.21. The van der Waals surface area contributed by atoms with Crippen LogP contribution in [0.25, 0.3) is 11.1 Å². The molecule has 26 heavy (non-hydrogen) atoms. The zero-order valence-corrected chi connectivity index (χ0v) is 15.4. The maximum absolute atomic E-state index is 12.3. The van der Waals surface area contributed by atoms with Gasteiger partial charge in [0.05, 0.1) is 5.60 Å². The van der Waals surface area contributed by atoms with Gasteiger partial charge in [0.2, 0.25) is 0 Å². The number of hydrogen-bond donors (Lipinski definition) is 3. The van der Waals surface area contributed by atoms with E-state index in [1.165, 1.54) is 0 Å². The van der Waals surface area contributed by atoms with Crippen molar-refractivity contribution in [2.24, 2.45) is 0 Å². The number of aliphatic hydroxyl groups is 1. The highest BCUT2D eigenvalue weighted by molar-refractivity contribution is 5.94. The molecule has 0 bridgehead atoms. The van der Waals surface area contributed by atoms with Crippen LogP contribution in [0.2, 0.25) is 0 Å². The van der Waals surface area contributed by atoms with Gasteiger partial charge >= 0.3 is 0 Å². The van der Waals surface area contributed by atoms with Gasteiger partial charge in [-0.15, -0.1) is 0 Å². The van der Waals surface area contributed by atoms with Gasteiger partial charge in [0.15, 0.2) is 0 Å². The fourth-order valence-corrected chi connectivity index (χ4v) is 3.54. The molecule has 1 aromatic heterocycles. The van der Waals surface area contributed by atoms with Crippen molar-refractivity contribution in [1.82, 2.24) is 10.3 Å². The van der Waals surface area contributed by atoms with Crippen LogP contribution in [0.15, 0.2) is 35.1 Å². The third-order valence-electron chi connectivity index (χ3n) is 5.37. The van der Waals surface area contributed by atoms with Gasteiger partial charge in [0.25, 0.3) is 11.5 Å². The van der Waals surface area contributed by atoms with Crippen molar-refractivity contribution in [2.75, 3.05) is 6.54 Å². The molecule has 2 aromatic rings. The molecule has 1 fully saturated rings. The number of amides is 1. The molecule has 0 atom stereocenters. The summed E-state index contributed by atoms with van der Waals surface area (Å²) in [7, 11) is 0. The molecule has 3 rings (SSSR count). The second kappa shape index (κ2) is 7.46. The van der Waals surface area contributed by atoms with Crippen LogP contribution in [0.3, 0.4) is 0 Å². The third-order valence-corrected chi connectivity index (χ3v) is 5.37. The van der Waals surface area contributed by atoms with E-state index in [0.29, 0.717) is 24.1 Å². The van der Waals surface area contributed by atoms with E-state index in [1.807, 2.05) is 19.9 Å². The van der Waals surface area contributed by atoms with Gasteiger partial charge in [-0.2, -0.15) is 0 Å². The Labute approximate surface area is 153 Å². The molecular formula is C21H26N2O3. The molecule has 1 aliphatic carbocycles. The number of hydrogen-bond acceptors (Lipinski definition) is 3. The first-order valence-corrected chi connectivity index (χ1v) is 9.19. The second-order valence-electron chi connectivity index (χ2n) is 7.33. The number of carbonyl (C=O) groups excluding carboxylic acids is 1. The number of aromatic amines is 1. The molecular weight excluding hydrogens is 328 g/mol. The number of nitrogens with one attached hydrogen (secondary N) is 2. The number of pyridine rings is 1. The normalized spacial score (nSPS) is 15.8. The van der Waals surface area contributed by atoms with E-state index in [-0.39, 0.29) is 11.5 Å². The van der Waals surface area contributed by atoms with Crippen LogP contribution >= 0.6 is 0 Å². The Morgan fingerprint density at radius 1 is 1.19 bits per heavy atom. The predicted molar refractivity (Wildman–Crippen MR) is 102 cm³/mol. The van der Waals surface area contributed by atoms with E-state index < -0.39 is 5.60 Å². The van der Waals surface area contributed by atoms with Gasteiger partial charge < -0.3 is 15.4 Å². The highest BCUT2D eigenvalue weighted by Gasteiger charge is 2.30. The van der Waals surface area contributed by atoms with Crippen LogP contribution in [0.1, 0.15) is 53.7 Å². The van der Waals surface area contributed by atoms with Crippen molar-refractivity contribution in [3.63, 3.8) is 0 Å². The van der Waals surface area contributed by atoms with Gasteiger partial charge in [-0.25, -0.2) is 0 Å². The minimum absolute atomic E-state index is 0.130. The predicted octanol–water partition coefficient (Wildman–Crippen LogP) is 3.08. The SMILES string of the molecule is Cc1cc(-c2ccc(C(=O)NCCC3(O)CCCC3)cc2)c(=O)[nH]c1C. The van der Waals surface area contributed by atoms with Crippen LogP contribution in [0.5, 0.6) is 0 Å². The number of benzene rings is 1. The molecule has 1 saturated carbocycles. The first-order valence-electron chi connectivity index (χ1n) is 9.19. The Kier molecular flexibility index (Phi) is 5.28. The Morgan fingerprint density at radius 3 is 2.50 bits per heavy atom. The molecule has 1 aromatic carbocycles. The lowest BCUT2D eigenvalue weighted by atomic mass is 9.98. The molecule has 0 saturated heterocycles. The maximum Gasteiger partial charge on any atom is 0.256 e. The minimum Gasteiger partial charge on any atom is -0.390 e. The van der Waals surface area contributed by atoms with Crippen LogP contribution in [-0.2, 0) is 0 Å². The van der Waals surface area contributed by atoms with Gasteiger partial charge in [0, 0.05) is 23.4 Å². The molecule has 1 amide bonds. The first kappa shape index (κ1) is 18.4.